The van der Waals surface area contributed by atoms with Gasteiger partial charge in [0.05, 0.1) is 18.7 Å². The predicted molar refractivity (Wildman–Crippen MR) is 134 cm³/mol. The van der Waals surface area contributed by atoms with E-state index in [9.17, 15) is 9.59 Å². The maximum Gasteiger partial charge on any atom is 0.259 e. The number of hydrogen-bond donors (Lipinski definition) is 1. The van der Waals surface area contributed by atoms with Crippen molar-refractivity contribution in [3.05, 3.63) is 87.1 Å². The molecular formula is C24H19ClN4O2S2. The third-order valence-electron chi connectivity index (χ3n) is 5.25. The summed E-state index contributed by atoms with van der Waals surface area (Å²) in [6.07, 6.45) is 0.00149. The van der Waals surface area contributed by atoms with Crippen molar-refractivity contribution in [2.45, 2.75) is 24.8 Å². The highest BCUT2D eigenvalue weighted by atomic mass is 35.5. The molecule has 3 aromatic rings. The monoisotopic (exact) mass is 494 g/mol. The highest BCUT2D eigenvalue weighted by molar-refractivity contribution is 8.13. The Labute approximate surface area is 204 Å². The predicted octanol–water partition coefficient (Wildman–Crippen LogP) is 5.00. The minimum atomic E-state index is -0.768. The van der Waals surface area contributed by atoms with Gasteiger partial charge in [-0.1, -0.05) is 53.7 Å². The summed E-state index contributed by atoms with van der Waals surface area (Å²) >= 11 is 9.03. The van der Waals surface area contributed by atoms with Gasteiger partial charge in [-0.3, -0.25) is 14.6 Å². The van der Waals surface area contributed by atoms with Gasteiger partial charge in [-0.25, -0.2) is 9.89 Å². The Bertz CT molecular complexity index is 1260. The Morgan fingerprint density at radius 2 is 1.94 bits per heavy atom. The summed E-state index contributed by atoms with van der Waals surface area (Å²) in [6, 6.07) is 18.3. The molecule has 2 amide bonds. The second-order valence-corrected chi connectivity index (χ2v) is 9.94. The summed E-state index contributed by atoms with van der Waals surface area (Å²) < 4.78 is 0. The molecule has 5 rings (SSSR count). The Morgan fingerprint density at radius 1 is 1.12 bits per heavy atom. The topological polar surface area (TPSA) is 74.1 Å². The lowest BCUT2D eigenvalue weighted by Crippen LogP contribution is -2.42. The molecule has 0 saturated heterocycles. The summed E-state index contributed by atoms with van der Waals surface area (Å²) in [5.74, 6) is 0.751. The number of carbonyl (C=O) groups is 2. The van der Waals surface area contributed by atoms with Crippen LogP contribution < -0.4 is 5.32 Å². The second kappa shape index (κ2) is 9.51. The van der Waals surface area contributed by atoms with Crippen molar-refractivity contribution >= 4 is 63.2 Å². The number of thioether (sulfide) groups is 1. The van der Waals surface area contributed by atoms with E-state index in [2.05, 4.69) is 10.3 Å². The molecule has 1 N–H and O–H groups in total. The van der Waals surface area contributed by atoms with Gasteiger partial charge < -0.3 is 5.32 Å². The molecule has 1 aromatic heterocycles. The van der Waals surface area contributed by atoms with Crippen molar-refractivity contribution < 1.29 is 9.59 Å². The molecule has 2 aliphatic rings. The number of para-hydroxylation sites is 1. The van der Waals surface area contributed by atoms with Crippen LogP contribution in [0.2, 0.25) is 5.02 Å². The van der Waals surface area contributed by atoms with E-state index in [0.717, 1.165) is 21.7 Å². The van der Waals surface area contributed by atoms with E-state index in [1.807, 2.05) is 66.0 Å². The van der Waals surface area contributed by atoms with E-state index in [0.29, 0.717) is 28.3 Å². The molecule has 0 unspecified atom stereocenters. The number of benzene rings is 2. The van der Waals surface area contributed by atoms with Crippen LogP contribution >= 0.6 is 34.7 Å². The van der Waals surface area contributed by atoms with Crippen molar-refractivity contribution in [3.63, 3.8) is 0 Å². The van der Waals surface area contributed by atoms with Crippen LogP contribution in [0.25, 0.3) is 0 Å². The molecule has 166 valence electrons. The highest BCUT2D eigenvalue weighted by Crippen LogP contribution is 2.35. The average Bonchev–Trinajstić information content (AvgIpc) is 3.46. The Hall–Kier alpha value is -2.94. The largest absolute Gasteiger partial charge is 0.351 e. The maximum atomic E-state index is 13.3. The van der Waals surface area contributed by atoms with Gasteiger partial charge in [-0.05, 0) is 41.3 Å². The Morgan fingerprint density at radius 3 is 2.73 bits per heavy atom. The number of fused-ring (bicyclic) bond motifs is 3. The standard InChI is InChI=1S/C24H19ClN4O2S2/c25-16-9-7-15(8-10-16)14-33-24-28-19-6-2-1-5-18(19)22-27-20(23(31)29(22)24)12-21(30)26-13-17-4-3-11-32-17/h1-11,20H,12-14H2,(H,26,30)/t20-/m0/s1. The first-order valence-corrected chi connectivity index (χ1v) is 12.6. The Kier molecular flexibility index (Phi) is 6.30. The lowest BCUT2D eigenvalue weighted by Gasteiger charge is -2.25. The molecule has 6 nitrogen and oxygen atoms in total. The van der Waals surface area contributed by atoms with Gasteiger partial charge in [-0.15, -0.1) is 11.3 Å². The molecule has 2 aliphatic heterocycles. The molecule has 1 atom stereocenters. The van der Waals surface area contributed by atoms with E-state index >= 15 is 0 Å². The number of rotatable bonds is 6. The molecule has 33 heavy (non-hydrogen) atoms. The zero-order valence-corrected chi connectivity index (χ0v) is 19.8. The van der Waals surface area contributed by atoms with Gasteiger partial charge >= 0.3 is 0 Å². The summed E-state index contributed by atoms with van der Waals surface area (Å²) in [5, 5.41) is 6.09. The number of carbonyl (C=O) groups excluding carboxylic acids is 2. The molecule has 3 heterocycles. The molecule has 2 aromatic carbocycles. The minimum absolute atomic E-state index is 0.00149. The number of hydrogen-bond acceptors (Lipinski definition) is 6. The minimum Gasteiger partial charge on any atom is -0.351 e. The normalized spacial score (nSPS) is 16.7. The molecule has 0 bridgehead atoms. The summed E-state index contributed by atoms with van der Waals surface area (Å²) in [4.78, 5) is 37.8. The zero-order valence-electron chi connectivity index (χ0n) is 17.4. The molecule has 0 saturated carbocycles. The van der Waals surface area contributed by atoms with Crippen LogP contribution in [0.4, 0.5) is 5.69 Å². The lowest BCUT2D eigenvalue weighted by atomic mass is 10.1. The van der Waals surface area contributed by atoms with Crippen molar-refractivity contribution in [2.24, 2.45) is 9.98 Å². The van der Waals surface area contributed by atoms with E-state index in [4.69, 9.17) is 16.6 Å². The summed E-state index contributed by atoms with van der Waals surface area (Å²) in [7, 11) is 0. The third kappa shape index (κ3) is 4.73. The Balaban J connectivity index is 1.34. The van der Waals surface area contributed by atoms with Crippen LogP contribution in [0.5, 0.6) is 0 Å². The second-order valence-electron chi connectivity index (χ2n) is 7.53. The van der Waals surface area contributed by atoms with Crippen molar-refractivity contribution in [3.8, 4) is 0 Å². The summed E-state index contributed by atoms with van der Waals surface area (Å²) in [6.45, 7) is 0.449. The van der Waals surface area contributed by atoms with Crippen molar-refractivity contribution in [1.82, 2.24) is 10.2 Å². The number of nitrogens with one attached hydrogen (secondary N) is 1. The first-order valence-electron chi connectivity index (χ1n) is 10.3. The first kappa shape index (κ1) is 21.9. The summed E-state index contributed by atoms with van der Waals surface area (Å²) in [5.41, 5.74) is 2.63. The van der Waals surface area contributed by atoms with Crippen LogP contribution in [0.1, 0.15) is 22.4 Å². The van der Waals surface area contributed by atoms with E-state index in [1.165, 1.54) is 11.8 Å². The lowest BCUT2D eigenvalue weighted by molar-refractivity contribution is -0.128. The fourth-order valence-corrected chi connectivity index (χ4v) is 5.33. The average molecular weight is 495 g/mol. The highest BCUT2D eigenvalue weighted by Gasteiger charge is 2.42. The van der Waals surface area contributed by atoms with Gasteiger partial charge in [0.1, 0.15) is 11.9 Å². The number of aliphatic imine (C=N–C) groups is 2. The van der Waals surface area contributed by atoms with Crippen molar-refractivity contribution in [2.75, 3.05) is 0 Å². The van der Waals surface area contributed by atoms with Gasteiger partial charge in [-0.2, -0.15) is 0 Å². The van der Waals surface area contributed by atoms with Crippen LogP contribution in [-0.2, 0) is 21.9 Å². The van der Waals surface area contributed by atoms with E-state index in [1.54, 1.807) is 16.2 Å². The van der Waals surface area contributed by atoms with E-state index < -0.39 is 6.04 Å². The molecule has 0 spiro atoms. The SMILES string of the molecule is O=C(C[C@@H]1N=C2c3ccccc3N=C(SCc3ccc(Cl)cc3)N2C1=O)NCc1cccs1. The first-order chi connectivity index (χ1) is 16.1. The van der Waals surface area contributed by atoms with Crippen LogP contribution in [0.15, 0.2) is 76.0 Å². The van der Waals surface area contributed by atoms with Crippen molar-refractivity contribution in [1.29, 1.82) is 0 Å². The van der Waals surface area contributed by atoms with Gasteiger partial charge in [0, 0.05) is 21.2 Å². The van der Waals surface area contributed by atoms with Gasteiger partial charge in [0.2, 0.25) is 5.91 Å². The number of halogens is 1. The molecule has 0 radical (unpaired) electrons. The van der Waals surface area contributed by atoms with E-state index in [-0.39, 0.29) is 18.2 Å². The quantitative estimate of drug-likeness (QED) is 0.524. The third-order valence-corrected chi connectivity index (χ3v) is 7.39. The fourth-order valence-electron chi connectivity index (χ4n) is 3.61. The van der Waals surface area contributed by atoms with Gasteiger partial charge in [0.15, 0.2) is 5.17 Å². The number of thiophene rings is 1. The molecular weight excluding hydrogens is 476 g/mol. The number of amides is 2. The smallest absolute Gasteiger partial charge is 0.259 e. The molecule has 0 aliphatic carbocycles. The number of amidine groups is 2. The van der Waals surface area contributed by atoms with Crippen LogP contribution in [0.3, 0.4) is 0 Å². The maximum absolute atomic E-state index is 13.3. The van der Waals surface area contributed by atoms with Crippen LogP contribution in [-0.4, -0.2) is 33.8 Å². The van der Waals surface area contributed by atoms with Crippen LogP contribution in [0, 0.1) is 0 Å². The zero-order chi connectivity index (χ0) is 22.8. The fraction of sp³-hybridized carbons (Fsp3) is 0.167. The molecule has 0 fully saturated rings. The van der Waals surface area contributed by atoms with Gasteiger partial charge in [0.25, 0.3) is 5.91 Å². The number of nitrogens with zero attached hydrogens (tertiary/aromatic N) is 3. The molecule has 9 heteroatoms.